The van der Waals surface area contributed by atoms with E-state index in [1.165, 1.54) is 5.56 Å². The molecule has 3 aliphatic heterocycles. The first-order valence-electron chi connectivity index (χ1n) is 10.3. The van der Waals surface area contributed by atoms with Crippen molar-refractivity contribution in [3.05, 3.63) is 59.7 Å². The minimum atomic E-state index is -0.717. The lowest BCUT2D eigenvalue weighted by Crippen LogP contribution is -2.44. The molecule has 2 saturated heterocycles. The lowest BCUT2D eigenvalue weighted by Gasteiger charge is -2.27. The Morgan fingerprint density at radius 1 is 1.33 bits per heavy atom. The fourth-order valence-corrected chi connectivity index (χ4v) is 4.99. The van der Waals surface area contributed by atoms with Crippen LogP contribution in [0.5, 0.6) is 0 Å². The Kier molecular flexibility index (Phi) is 4.15. The highest BCUT2D eigenvalue weighted by Crippen LogP contribution is 2.53. The number of carbonyl (C=O) groups is 2. The van der Waals surface area contributed by atoms with Crippen molar-refractivity contribution in [1.29, 1.82) is 0 Å². The first-order chi connectivity index (χ1) is 14.3. The van der Waals surface area contributed by atoms with Gasteiger partial charge in [0.25, 0.3) is 0 Å². The van der Waals surface area contributed by atoms with Gasteiger partial charge in [-0.1, -0.05) is 18.2 Å². The standard InChI is InChI=1S/C23H26N4O3/c1-14-5-6-16(11-15(14)2)27-13-23-8-7-17(30-23)19(20(23)22(27)29)21(28)26(4)12-18-24-9-10-25(18)3/h5-11,17,19-20H,12-13H2,1-4H3/t17-,19?,20?,23-/m1/s1. The lowest BCUT2D eigenvalue weighted by molar-refractivity contribution is -0.139. The van der Waals surface area contributed by atoms with Crippen LogP contribution in [-0.4, -0.2) is 51.6 Å². The van der Waals surface area contributed by atoms with Gasteiger partial charge >= 0.3 is 0 Å². The Hall–Kier alpha value is -2.93. The molecule has 2 unspecified atom stereocenters. The number of ether oxygens (including phenoxy) is 1. The minimum Gasteiger partial charge on any atom is -0.360 e. The fraction of sp³-hybridized carbons (Fsp3) is 0.435. The molecule has 1 aromatic carbocycles. The third kappa shape index (κ3) is 2.65. The molecule has 2 bridgehead atoms. The number of aryl methyl sites for hydroxylation is 3. The van der Waals surface area contributed by atoms with E-state index in [0.717, 1.165) is 17.1 Å². The zero-order chi connectivity index (χ0) is 21.2. The van der Waals surface area contributed by atoms with Crippen LogP contribution in [-0.2, 0) is 27.9 Å². The van der Waals surface area contributed by atoms with Crippen molar-refractivity contribution < 1.29 is 14.3 Å². The highest BCUT2D eigenvalue weighted by atomic mass is 16.5. The maximum absolute atomic E-state index is 13.5. The molecule has 4 atom stereocenters. The molecular formula is C23H26N4O3. The van der Waals surface area contributed by atoms with Gasteiger partial charge in [0.15, 0.2) is 0 Å². The molecule has 1 spiro atoms. The summed E-state index contributed by atoms with van der Waals surface area (Å²) < 4.78 is 8.15. The first-order valence-corrected chi connectivity index (χ1v) is 10.3. The van der Waals surface area contributed by atoms with E-state index in [1.807, 2.05) is 55.1 Å². The smallest absolute Gasteiger partial charge is 0.234 e. The van der Waals surface area contributed by atoms with Crippen molar-refractivity contribution in [1.82, 2.24) is 14.5 Å². The highest BCUT2D eigenvalue weighted by molar-refractivity contribution is 6.03. The molecule has 2 aromatic rings. The number of imidazole rings is 1. The van der Waals surface area contributed by atoms with Gasteiger partial charge in [-0.2, -0.15) is 0 Å². The molecule has 4 heterocycles. The average molecular weight is 406 g/mol. The predicted molar refractivity (Wildman–Crippen MR) is 112 cm³/mol. The molecule has 0 saturated carbocycles. The van der Waals surface area contributed by atoms with E-state index >= 15 is 0 Å². The number of aromatic nitrogens is 2. The van der Waals surface area contributed by atoms with E-state index in [-0.39, 0.29) is 17.9 Å². The summed E-state index contributed by atoms with van der Waals surface area (Å²) in [5, 5.41) is 0. The van der Waals surface area contributed by atoms with Crippen molar-refractivity contribution in [3.63, 3.8) is 0 Å². The Morgan fingerprint density at radius 3 is 2.83 bits per heavy atom. The number of nitrogens with zero attached hydrogens (tertiary/aromatic N) is 4. The van der Waals surface area contributed by atoms with Crippen LogP contribution in [0, 0.1) is 25.7 Å². The average Bonchev–Trinajstić information content (AvgIpc) is 3.46. The molecule has 3 aliphatic rings. The van der Waals surface area contributed by atoms with E-state index in [4.69, 9.17) is 4.74 Å². The van der Waals surface area contributed by atoms with Gasteiger partial charge in [-0.25, -0.2) is 4.98 Å². The van der Waals surface area contributed by atoms with Crippen LogP contribution in [0.4, 0.5) is 5.69 Å². The third-order valence-electron chi connectivity index (χ3n) is 6.86. The zero-order valence-electron chi connectivity index (χ0n) is 17.7. The van der Waals surface area contributed by atoms with Crippen molar-refractivity contribution >= 4 is 17.5 Å². The van der Waals surface area contributed by atoms with Gasteiger partial charge in [0, 0.05) is 32.2 Å². The topological polar surface area (TPSA) is 67.7 Å². The SMILES string of the molecule is Cc1ccc(N2C[C@@]34C=C[C@@H](O3)C(C(=O)N(C)Cc3nccn3C)C4C2=O)cc1C. The Bertz CT molecular complexity index is 1070. The van der Waals surface area contributed by atoms with Crippen LogP contribution < -0.4 is 4.90 Å². The zero-order valence-corrected chi connectivity index (χ0v) is 17.7. The Labute approximate surface area is 175 Å². The van der Waals surface area contributed by atoms with Gasteiger partial charge in [0.2, 0.25) is 11.8 Å². The molecular weight excluding hydrogens is 380 g/mol. The second-order valence-electron chi connectivity index (χ2n) is 8.74. The molecule has 0 radical (unpaired) electrons. The predicted octanol–water partition coefficient (Wildman–Crippen LogP) is 1.98. The van der Waals surface area contributed by atoms with E-state index in [9.17, 15) is 9.59 Å². The molecule has 156 valence electrons. The summed E-state index contributed by atoms with van der Waals surface area (Å²) in [6, 6.07) is 6.03. The molecule has 7 heteroatoms. The molecule has 5 rings (SSSR count). The fourth-order valence-electron chi connectivity index (χ4n) is 4.99. The van der Waals surface area contributed by atoms with E-state index in [2.05, 4.69) is 11.9 Å². The van der Waals surface area contributed by atoms with Crippen molar-refractivity contribution in [2.75, 3.05) is 18.5 Å². The highest BCUT2D eigenvalue weighted by Gasteiger charge is 2.67. The van der Waals surface area contributed by atoms with Crippen LogP contribution in [0.2, 0.25) is 0 Å². The molecule has 0 N–H and O–H groups in total. The van der Waals surface area contributed by atoms with Gasteiger partial charge in [0.1, 0.15) is 11.4 Å². The molecule has 30 heavy (non-hydrogen) atoms. The van der Waals surface area contributed by atoms with E-state index in [0.29, 0.717) is 13.1 Å². The first kappa shape index (κ1) is 19.1. The minimum absolute atomic E-state index is 0.0335. The normalized spacial score (nSPS) is 29.0. The number of carbonyl (C=O) groups excluding carboxylic acids is 2. The van der Waals surface area contributed by atoms with Gasteiger partial charge in [0.05, 0.1) is 31.0 Å². The van der Waals surface area contributed by atoms with Crippen molar-refractivity contribution in [2.45, 2.75) is 32.1 Å². The third-order valence-corrected chi connectivity index (χ3v) is 6.86. The summed E-state index contributed by atoms with van der Waals surface area (Å²) in [4.78, 5) is 34.7. The summed E-state index contributed by atoms with van der Waals surface area (Å²) in [7, 11) is 3.67. The molecule has 2 fully saturated rings. The number of hydrogen-bond donors (Lipinski definition) is 0. The van der Waals surface area contributed by atoms with Crippen LogP contribution in [0.3, 0.4) is 0 Å². The number of benzene rings is 1. The maximum atomic E-state index is 13.5. The second-order valence-corrected chi connectivity index (χ2v) is 8.74. The van der Waals surface area contributed by atoms with Crippen molar-refractivity contribution in [2.24, 2.45) is 18.9 Å². The molecule has 0 aliphatic carbocycles. The second kappa shape index (κ2) is 6.54. The van der Waals surface area contributed by atoms with Gasteiger partial charge < -0.3 is 19.1 Å². The Balaban J connectivity index is 1.43. The summed E-state index contributed by atoms with van der Waals surface area (Å²) >= 11 is 0. The van der Waals surface area contributed by atoms with Gasteiger partial charge in [-0.05, 0) is 37.1 Å². The summed E-state index contributed by atoms with van der Waals surface area (Å²) in [6.45, 7) is 4.93. The van der Waals surface area contributed by atoms with Gasteiger partial charge in [-0.15, -0.1) is 0 Å². The van der Waals surface area contributed by atoms with Crippen LogP contribution >= 0.6 is 0 Å². The number of anilines is 1. The van der Waals surface area contributed by atoms with Crippen molar-refractivity contribution in [3.8, 4) is 0 Å². The number of hydrogen-bond acceptors (Lipinski definition) is 4. The Morgan fingerprint density at radius 2 is 2.13 bits per heavy atom. The summed E-state index contributed by atoms with van der Waals surface area (Å²) in [5.41, 5.74) is 2.47. The summed E-state index contributed by atoms with van der Waals surface area (Å²) in [6.07, 6.45) is 7.16. The van der Waals surface area contributed by atoms with Crippen LogP contribution in [0.15, 0.2) is 42.7 Å². The summed E-state index contributed by atoms with van der Waals surface area (Å²) in [5.74, 6) is -0.312. The lowest BCUT2D eigenvalue weighted by atomic mass is 9.76. The molecule has 1 aromatic heterocycles. The molecule has 2 amide bonds. The largest absolute Gasteiger partial charge is 0.360 e. The number of rotatable bonds is 4. The molecule has 7 nitrogen and oxygen atoms in total. The monoisotopic (exact) mass is 406 g/mol. The quantitative estimate of drug-likeness (QED) is 0.729. The maximum Gasteiger partial charge on any atom is 0.234 e. The van der Waals surface area contributed by atoms with Crippen LogP contribution in [0.25, 0.3) is 0 Å². The van der Waals surface area contributed by atoms with Gasteiger partial charge in [-0.3, -0.25) is 9.59 Å². The van der Waals surface area contributed by atoms with Crippen LogP contribution in [0.1, 0.15) is 17.0 Å². The van der Waals surface area contributed by atoms with E-state index < -0.39 is 17.4 Å². The van der Waals surface area contributed by atoms with E-state index in [1.54, 1.807) is 23.0 Å². The number of fused-ring (bicyclic) bond motifs is 1. The number of amides is 2.